The van der Waals surface area contributed by atoms with Crippen molar-refractivity contribution in [3.05, 3.63) is 24.3 Å². The van der Waals surface area contributed by atoms with E-state index in [9.17, 15) is 13.5 Å². The number of rotatable bonds is 6. The summed E-state index contributed by atoms with van der Waals surface area (Å²) in [6, 6.07) is 6.51. The fourth-order valence-electron chi connectivity index (χ4n) is 2.73. The number of nitrogens with one attached hydrogen (secondary N) is 1. The Hall–Kier alpha value is -1.15. The van der Waals surface area contributed by atoms with Crippen LogP contribution in [0.15, 0.2) is 29.2 Å². The summed E-state index contributed by atoms with van der Waals surface area (Å²) in [4.78, 5) is 0.155. The average molecular weight is 299 g/mol. The molecule has 7 heteroatoms. The van der Waals surface area contributed by atoms with Crippen LogP contribution in [-0.4, -0.2) is 37.0 Å². The summed E-state index contributed by atoms with van der Waals surface area (Å²) in [6.07, 6.45) is 3.74. The molecule has 1 aliphatic carbocycles. The molecule has 0 heterocycles. The van der Waals surface area contributed by atoms with Gasteiger partial charge in [-0.05, 0) is 25.0 Å². The Kier molecular flexibility index (Phi) is 4.98. The van der Waals surface area contributed by atoms with Crippen LogP contribution in [0.2, 0.25) is 0 Å². The molecule has 1 fully saturated rings. The predicted octanol–water partition coefficient (Wildman–Crippen LogP) is 0.898. The van der Waals surface area contributed by atoms with E-state index in [-0.39, 0.29) is 24.1 Å². The molecule has 6 nitrogen and oxygen atoms in total. The summed E-state index contributed by atoms with van der Waals surface area (Å²) in [6.45, 7) is -0.0696. The van der Waals surface area contributed by atoms with Gasteiger partial charge >= 0.3 is 0 Å². The average Bonchev–Trinajstić information content (AvgIpc) is 2.98. The Balaban J connectivity index is 2.39. The molecule has 4 N–H and O–H groups in total. The second-order valence-electron chi connectivity index (χ2n) is 4.92. The van der Waals surface area contributed by atoms with E-state index in [1.54, 1.807) is 18.2 Å². The van der Waals surface area contributed by atoms with Crippen molar-refractivity contribution in [2.24, 2.45) is 5.84 Å². The molecule has 0 amide bonds. The lowest BCUT2D eigenvalue weighted by Crippen LogP contribution is -2.41. The lowest BCUT2D eigenvalue weighted by atomic mass is 10.2. The van der Waals surface area contributed by atoms with Crippen LogP contribution < -0.4 is 11.3 Å². The van der Waals surface area contributed by atoms with Gasteiger partial charge in [-0.15, -0.1) is 0 Å². The molecule has 1 saturated carbocycles. The highest BCUT2D eigenvalue weighted by atomic mass is 32.2. The van der Waals surface area contributed by atoms with Gasteiger partial charge in [-0.1, -0.05) is 25.0 Å². The number of hydrogen-bond donors (Lipinski definition) is 3. The summed E-state index contributed by atoms with van der Waals surface area (Å²) in [7, 11) is -3.66. The normalized spacial score (nSPS) is 16.8. The third-order valence-electron chi connectivity index (χ3n) is 3.68. The fraction of sp³-hybridized carbons (Fsp3) is 0.538. The number of aliphatic hydroxyl groups is 1. The number of nitrogens with zero attached hydrogens (tertiary/aromatic N) is 1. The van der Waals surface area contributed by atoms with E-state index in [1.165, 1.54) is 10.4 Å². The van der Waals surface area contributed by atoms with E-state index >= 15 is 0 Å². The van der Waals surface area contributed by atoms with Gasteiger partial charge in [-0.2, -0.15) is 4.31 Å². The van der Waals surface area contributed by atoms with Crippen molar-refractivity contribution in [1.82, 2.24) is 4.31 Å². The molecule has 0 radical (unpaired) electrons. The maximum atomic E-state index is 12.8. The number of nitrogens with two attached hydrogens (primary N) is 1. The standard InChI is InChI=1S/C13H21N3O3S/c14-15-12-7-3-4-8-13(12)20(18,19)16(9-10-17)11-5-1-2-6-11/h3-4,7-8,11,15,17H,1-2,5-6,9-10,14H2. The van der Waals surface area contributed by atoms with Gasteiger partial charge in [0.15, 0.2) is 0 Å². The molecule has 0 unspecified atom stereocenters. The van der Waals surface area contributed by atoms with Crippen LogP contribution >= 0.6 is 0 Å². The second-order valence-corrected chi connectivity index (χ2v) is 6.78. The van der Waals surface area contributed by atoms with E-state index < -0.39 is 10.0 Å². The highest BCUT2D eigenvalue weighted by Gasteiger charge is 2.33. The molecule has 1 aromatic rings. The van der Waals surface area contributed by atoms with Crippen LogP contribution in [0.25, 0.3) is 0 Å². The fourth-order valence-corrected chi connectivity index (χ4v) is 4.56. The third-order valence-corrected chi connectivity index (χ3v) is 5.69. The molecule has 1 aliphatic rings. The smallest absolute Gasteiger partial charge is 0.245 e. The number of hydrogen-bond acceptors (Lipinski definition) is 5. The van der Waals surface area contributed by atoms with Crippen LogP contribution in [0.5, 0.6) is 0 Å². The van der Waals surface area contributed by atoms with Crippen LogP contribution in [0.1, 0.15) is 25.7 Å². The molecule has 0 atom stereocenters. The van der Waals surface area contributed by atoms with E-state index in [2.05, 4.69) is 5.43 Å². The summed E-state index contributed by atoms with van der Waals surface area (Å²) < 4.78 is 27.0. The van der Waals surface area contributed by atoms with Crippen molar-refractivity contribution in [2.45, 2.75) is 36.6 Å². The number of nitrogen functional groups attached to an aromatic ring is 1. The Bertz CT molecular complexity index is 542. The zero-order valence-corrected chi connectivity index (χ0v) is 12.1. The van der Waals surface area contributed by atoms with Gasteiger partial charge in [0, 0.05) is 12.6 Å². The molecule has 20 heavy (non-hydrogen) atoms. The predicted molar refractivity (Wildman–Crippen MR) is 77.5 cm³/mol. The zero-order valence-electron chi connectivity index (χ0n) is 11.3. The van der Waals surface area contributed by atoms with Crippen molar-refractivity contribution >= 4 is 15.7 Å². The molecule has 0 aliphatic heterocycles. The maximum absolute atomic E-state index is 12.8. The SMILES string of the molecule is NNc1ccccc1S(=O)(=O)N(CCO)C1CCCC1. The monoisotopic (exact) mass is 299 g/mol. The van der Waals surface area contributed by atoms with Gasteiger partial charge in [0.2, 0.25) is 10.0 Å². The van der Waals surface area contributed by atoms with Gasteiger partial charge in [0.25, 0.3) is 0 Å². The molecule has 0 spiro atoms. The number of sulfonamides is 1. The molecule has 0 bridgehead atoms. The lowest BCUT2D eigenvalue weighted by Gasteiger charge is -2.28. The van der Waals surface area contributed by atoms with E-state index in [0.29, 0.717) is 5.69 Å². The van der Waals surface area contributed by atoms with Crippen LogP contribution in [0.4, 0.5) is 5.69 Å². The third kappa shape index (κ3) is 2.95. The highest BCUT2D eigenvalue weighted by Crippen LogP contribution is 2.30. The first kappa shape index (κ1) is 15.2. The second kappa shape index (κ2) is 6.53. The van der Waals surface area contributed by atoms with Crippen LogP contribution in [-0.2, 0) is 10.0 Å². The van der Waals surface area contributed by atoms with Gasteiger partial charge in [-0.3, -0.25) is 5.84 Å². The summed E-state index contributed by atoms with van der Waals surface area (Å²) in [5.74, 6) is 5.39. The first-order valence-electron chi connectivity index (χ1n) is 6.79. The molecule has 112 valence electrons. The number of benzene rings is 1. The minimum absolute atomic E-state index is 0.0296. The molecule has 1 aromatic carbocycles. The van der Waals surface area contributed by atoms with Gasteiger partial charge in [-0.25, -0.2) is 8.42 Å². The van der Waals surface area contributed by atoms with Crippen molar-refractivity contribution in [1.29, 1.82) is 0 Å². The minimum Gasteiger partial charge on any atom is -0.395 e. The molecule has 0 saturated heterocycles. The van der Waals surface area contributed by atoms with Crippen LogP contribution in [0, 0.1) is 0 Å². The Morgan fingerprint density at radius 1 is 1.30 bits per heavy atom. The maximum Gasteiger partial charge on any atom is 0.245 e. The van der Waals surface area contributed by atoms with Gasteiger partial charge < -0.3 is 10.5 Å². The highest BCUT2D eigenvalue weighted by molar-refractivity contribution is 7.89. The van der Waals surface area contributed by atoms with Crippen molar-refractivity contribution in [3.8, 4) is 0 Å². The topological polar surface area (TPSA) is 95.7 Å². The number of para-hydroxylation sites is 1. The Morgan fingerprint density at radius 2 is 1.95 bits per heavy atom. The van der Waals surface area contributed by atoms with E-state index in [4.69, 9.17) is 5.84 Å². The van der Waals surface area contributed by atoms with Gasteiger partial charge in [0.1, 0.15) is 4.90 Å². The zero-order chi connectivity index (χ0) is 14.6. The first-order valence-corrected chi connectivity index (χ1v) is 8.23. The molecule has 0 aromatic heterocycles. The van der Waals surface area contributed by atoms with E-state index in [1.807, 2.05) is 0 Å². The number of aliphatic hydroxyl groups excluding tert-OH is 1. The van der Waals surface area contributed by atoms with Crippen molar-refractivity contribution in [3.63, 3.8) is 0 Å². The molecular formula is C13H21N3O3S. The summed E-state index contributed by atoms with van der Waals surface area (Å²) in [5, 5.41) is 9.19. The van der Waals surface area contributed by atoms with Crippen molar-refractivity contribution < 1.29 is 13.5 Å². The molecule has 2 rings (SSSR count). The lowest BCUT2D eigenvalue weighted by molar-refractivity contribution is 0.226. The Labute approximate surface area is 119 Å². The summed E-state index contributed by atoms with van der Waals surface area (Å²) in [5.41, 5.74) is 2.79. The van der Waals surface area contributed by atoms with Gasteiger partial charge in [0.05, 0.1) is 12.3 Å². The number of anilines is 1. The van der Waals surface area contributed by atoms with E-state index in [0.717, 1.165) is 25.7 Å². The Morgan fingerprint density at radius 3 is 2.55 bits per heavy atom. The quantitative estimate of drug-likeness (QED) is 0.536. The largest absolute Gasteiger partial charge is 0.395 e. The van der Waals surface area contributed by atoms with Crippen LogP contribution in [0.3, 0.4) is 0 Å². The first-order chi connectivity index (χ1) is 9.61. The summed E-state index contributed by atoms with van der Waals surface area (Å²) >= 11 is 0. The number of hydrazine groups is 1. The minimum atomic E-state index is -3.66. The van der Waals surface area contributed by atoms with Crippen molar-refractivity contribution in [2.75, 3.05) is 18.6 Å². The molecular weight excluding hydrogens is 278 g/mol.